The average Bonchev–Trinajstić information content (AvgIpc) is 2.64. The molecule has 0 radical (unpaired) electrons. The van der Waals surface area contributed by atoms with Crippen LogP contribution in [0.1, 0.15) is 17.5 Å². The molecule has 0 aliphatic carbocycles. The summed E-state index contributed by atoms with van der Waals surface area (Å²) in [6.07, 6.45) is -3.23. The number of hydrogen-bond donors (Lipinski definition) is 3. The van der Waals surface area contributed by atoms with E-state index in [9.17, 15) is 22.7 Å². The quantitative estimate of drug-likeness (QED) is 0.469. The molecular weight excluding hydrogens is 448 g/mol. The van der Waals surface area contributed by atoms with Gasteiger partial charge in [0.1, 0.15) is 24.1 Å². The summed E-state index contributed by atoms with van der Waals surface area (Å²) in [5.41, 5.74) is 2.20. The third kappa shape index (κ3) is 3.96. The number of pyridine rings is 1. The molecule has 1 aromatic carbocycles. The summed E-state index contributed by atoms with van der Waals surface area (Å²) in [5.74, 6) is -2.55. The number of amidine groups is 1. The number of alkyl halides is 2. The summed E-state index contributed by atoms with van der Waals surface area (Å²) < 4.78 is 62.0. The van der Waals surface area contributed by atoms with Gasteiger partial charge in [-0.1, -0.05) is 0 Å². The Hall–Kier alpha value is -2.24. The second-order valence-corrected chi connectivity index (χ2v) is 7.00. The number of aliphatic hydroxyl groups excluding tert-OH is 1. The van der Waals surface area contributed by atoms with Crippen LogP contribution in [0.4, 0.5) is 23.2 Å². The van der Waals surface area contributed by atoms with Crippen LogP contribution in [0, 0.1) is 11.6 Å². The molecule has 6 nitrogen and oxygen atoms in total. The zero-order valence-electron chi connectivity index (χ0n) is 14.2. The normalized spacial score (nSPS) is 20.8. The van der Waals surface area contributed by atoms with Crippen LogP contribution in [0.25, 0.3) is 0 Å². The molecule has 1 aliphatic heterocycles. The van der Waals surface area contributed by atoms with Crippen LogP contribution in [0.2, 0.25) is 0 Å². The van der Waals surface area contributed by atoms with E-state index in [4.69, 9.17) is 10.5 Å². The first-order valence-corrected chi connectivity index (χ1v) is 8.78. The molecular formula is C17H15BrF4N4O2. The number of ether oxygens (including phenoxy) is 1. The fraction of sp³-hybridized carbons (Fsp3) is 0.294. The molecule has 28 heavy (non-hydrogen) atoms. The highest BCUT2D eigenvalue weighted by atomic mass is 79.9. The highest BCUT2D eigenvalue weighted by Gasteiger charge is 2.46. The number of halogens is 5. The Morgan fingerprint density at radius 1 is 1.25 bits per heavy atom. The van der Waals surface area contributed by atoms with Crippen molar-refractivity contribution in [2.75, 3.05) is 18.5 Å². The first kappa shape index (κ1) is 20.5. The van der Waals surface area contributed by atoms with Crippen LogP contribution in [0.15, 0.2) is 39.9 Å². The van der Waals surface area contributed by atoms with Crippen molar-refractivity contribution in [3.8, 4) is 0 Å². The number of benzene rings is 1. The minimum absolute atomic E-state index is 0.139. The van der Waals surface area contributed by atoms with E-state index in [1.807, 2.05) is 0 Å². The number of aliphatic imine (C=N–C) groups is 1. The molecule has 11 heteroatoms. The Balaban J connectivity index is 2.00. The molecule has 150 valence electrons. The lowest BCUT2D eigenvalue weighted by Gasteiger charge is -2.33. The summed E-state index contributed by atoms with van der Waals surface area (Å²) in [4.78, 5) is 7.66. The first-order chi connectivity index (χ1) is 13.2. The third-order valence-electron chi connectivity index (χ3n) is 4.12. The third-order valence-corrected chi connectivity index (χ3v) is 4.59. The van der Waals surface area contributed by atoms with Gasteiger partial charge < -0.3 is 20.9 Å². The van der Waals surface area contributed by atoms with Crippen molar-refractivity contribution in [1.82, 2.24) is 4.98 Å². The molecule has 1 aliphatic rings. The van der Waals surface area contributed by atoms with Gasteiger partial charge in [-0.05, 0) is 34.1 Å². The van der Waals surface area contributed by atoms with Crippen LogP contribution in [0.3, 0.4) is 0 Å². The number of nitrogens with two attached hydrogens (primary N) is 1. The highest BCUT2D eigenvalue weighted by Crippen LogP contribution is 2.39. The van der Waals surface area contributed by atoms with Crippen LogP contribution >= 0.6 is 15.9 Å². The molecule has 0 amide bonds. The maximum atomic E-state index is 14.4. The van der Waals surface area contributed by atoms with Crippen LogP contribution in [-0.2, 0) is 10.3 Å². The summed E-state index contributed by atoms with van der Waals surface area (Å²) >= 11 is 3.19. The molecule has 3 rings (SSSR count). The molecule has 0 saturated carbocycles. The van der Waals surface area contributed by atoms with Crippen LogP contribution in [0.5, 0.6) is 0 Å². The predicted octanol–water partition coefficient (Wildman–Crippen LogP) is 3.07. The molecule has 0 fully saturated rings. The number of hydrogen-bond acceptors (Lipinski definition) is 6. The molecule has 2 aromatic rings. The smallest absolute Gasteiger partial charge is 0.269 e. The fourth-order valence-electron chi connectivity index (χ4n) is 2.76. The lowest BCUT2D eigenvalue weighted by atomic mass is 9.89. The van der Waals surface area contributed by atoms with Crippen molar-refractivity contribution < 1.29 is 27.4 Å². The molecule has 0 saturated heterocycles. The summed E-state index contributed by atoms with van der Waals surface area (Å²) in [6, 6.07) is 4.32. The lowest BCUT2D eigenvalue weighted by Crippen LogP contribution is -2.45. The van der Waals surface area contributed by atoms with E-state index in [1.165, 1.54) is 12.3 Å². The molecule has 2 heterocycles. The maximum Gasteiger partial charge on any atom is 0.269 e. The number of aliphatic hydroxyl groups is 1. The first-order valence-electron chi connectivity index (χ1n) is 7.98. The van der Waals surface area contributed by atoms with Crippen LogP contribution in [-0.4, -0.2) is 35.6 Å². The monoisotopic (exact) mass is 462 g/mol. The van der Waals surface area contributed by atoms with E-state index in [1.54, 1.807) is 6.07 Å². The van der Waals surface area contributed by atoms with Gasteiger partial charge in [0.2, 0.25) is 0 Å². The lowest BCUT2D eigenvalue weighted by molar-refractivity contribution is -0.0146. The molecule has 2 unspecified atom stereocenters. The average molecular weight is 463 g/mol. The Morgan fingerprint density at radius 3 is 2.61 bits per heavy atom. The summed E-state index contributed by atoms with van der Waals surface area (Å²) in [6.45, 7) is -0.805. The highest BCUT2D eigenvalue weighted by molar-refractivity contribution is 9.10. The van der Waals surface area contributed by atoms with Gasteiger partial charge in [0.15, 0.2) is 11.8 Å². The molecule has 1 aromatic heterocycles. The second-order valence-electron chi connectivity index (χ2n) is 6.08. The van der Waals surface area contributed by atoms with E-state index in [-0.39, 0.29) is 18.1 Å². The Bertz CT molecular complexity index is 897. The predicted molar refractivity (Wildman–Crippen MR) is 97.0 cm³/mol. The van der Waals surface area contributed by atoms with E-state index in [0.717, 1.165) is 6.07 Å². The number of rotatable bonds is 5. The Morgan fingerprint density at radius 2 is 2.00 bits per heavy atom. The largest absolute Gasteiger partial charge is 0.385 e. The van der Waals surface area contributed by atoms with Crippen molar-refractivity contribution >= 4 is 27.5 Å². The summed E-state index contributed by atoms with van der Waals surface area (Å²) in [7, 11) is 0. The summed E-state index contributed by atoms with van der Waals surface area (Å²) in [5, 5.41) is 12.6. The Kier molecular flexibility index (Phi) is 5.87. The van der Waals surface area contributed by atoms with E-state index >= 15 is 0 Å². The number of nitrogens with one attached hydrogen (secondary N) is 1. The van der Waals surface area contributed by atoms with Gasteiger partial charge in [0.05, 0.1) is 18.0 Å². The minimum Gasteiger partial charge on any atom is -0.385 e. The molecule has 0 bridgehead atoms. The molecule has 2 atom stereocenters. The van der Waals surface area contributed by atoms with Crippen molar-refractivity contribution in [1.29, 1.82) is 0 Å². The minimum atomic E-state index is -3.17. The van der Waals surface area contributed by atoms with Crippen molar-refractivity contribution in [2.24, 2.45) is 10.7 Å². The zero-order chi connectivity index (χ0) is 20.5. The van der Waals surface area contributed by atoms with Gasteiger partial charge in [-0.15, -0.1) is 0 Å². The zero-order valence-corrected chi connectivity index (χ0v) is 15.8. The van der Waals surface area contributed by atoms with Gasteiger partial charge in [-0.25, -0.2) is 17.6 Å². The van der Waals surface area contributed by atoms with Crippen molar-refractivity contribution in [3.05, 3.63) is 57.8 Å². The number of nitrogens with zero attached hydrogens (tertiary/aromatic N) is 2. The van der Waals surface area contributed by atoms with Gasteiger partial charge in [-0.3, -0.25) is 9.98 Å². The van der Waals surface area contributed by atoms with Crippen molar-refractivity contribution in [3.63, 3.8) is 0 Å². The second kappa shape index (κ2) is 8.02. The topological polar surface area (TPSA) is 92.8 Å². The number of aromatic nitrogens is 1. The van der Waals surface area contributed by atoms with Gasteiger partial charge in [-0.2, -0.15) is 0 Å². The standard InChI is InChI=1S/C17H15BrF4N4O2/c18-8-1-2-12(24-5-8)15(27)25-13-3-9(10(19)4-11(13)20)17(16(21)22)7-28-6-14(23)26-17/h1-5,15-16,25,27H,6-7H2,(H2,23,26). The van der Waals surface area contributed by atoms with Gasteiger partial charge in [0, 0.05) is 22.3 Å². The maximum absolute atomic E-state index is 14.4. The van der Waals surface area contributed by atoms with E-state index in [2.05, 4.69) is 31.2 Å². The van der Waals surface area contributed by atoms with Gasteiger partial charge in [0.25, 0.3) is 6.43 Å². The van der Waals surface area contributed by atoms with Crippen molar-refractivity contribution in [2.45, 2.75) is 18.2 Å². The molecule has 0 spiro atoms. The fourth-order valence-corrected chi connectivity index (χ4v) is 3.00. The van der Waals surface area contributed by atoms with Crippen LogP contribution < -0.4 is 11.1 Å². The number of anilines is 1. The van der Waals surface area contributed by atoms with E-state index in [0.29, 0.717) is 10.5 Å². The SMILES string of the molecule is NC1=NC(c2cc(NC(O)c3ccc(Br)cn3)c(F)cc2F)(C(F)F)COC1. The van der Waals surface area contributed by atoms with E-state index < -0.39 is 47.7 Å². The van der Waals surface area contributed by atoms with Gasteiger partial charge >= 0.3 is 0 Å². The molecule has 4 N–H and O–H groups in total. The Labute approximate surface area is 165 Å².